The number of hydrogen-bond acceptors (Lipinski definition) is 2. The van der Waals surface area contributed by atoms with Crippen molar-refractivity contribution >= 4 is 11.7 Å². The van der Waals surface area contributed by atoms with Crippen molar-refractivity contribution in [3.63, 3.8) is 0 Å². The number of benzene rings is 1. The third-order valence-electron chi connectivity index (χ3n) is 1.26. The molecular formula is C9H7NO2. The fourth-order valence-corrected chi connectivity index (χ4v) is 0.732. The number of nitrogens with two attached hydrogens (primary N) is 1. The highest BCUT2D eigenvalue weighted by molar-refractivity contribution is 5.87. The van der Waals surface area contributed by atoms with E-state index in [2.05, 4.69) is 5.92 Å². The molecule has 0 radical (unpaired) electrons. The van der Waals surface area contributed by atoms with Gasteiger partial charge in [0.25, 0.3) is 0 Å². The number of para-hydroxylation sites is 1. The Kier molecular flexibility index (Phi) is 2.34. The van der Waals surface area contributed by atoms with Gasteiger partial charge in [-0.25, -0.2) is 4.79 Å². The van der Waals surface area contributed by atoms with Crippen LogP contribution in [0.15, 0.2) is 24.3 Å². The summed E-state index contributed by atoms with van der Waals surface area (Å²) >= 11 is 0. The molecule has 0 amide bonds. The minimum atomic E-state index is -1.15. The molecule has 1 aromatic rings. The maximum absolute atomic E-state index is 10.1. The van der Waals surface area contributed by atoms with Gasteiger partial charge in [0.2, 0.25) is 0 Å². The molecule has 1 aromatic carbocycles. The lowest BCUT2D eigenvalue weighted by atomic mass is 10.2. The van der Waals surface area contributed by atoms with Gasteiger partial charge in [-0.2, -0.15) is 0 Å². The number of rotatable bonds is 0. The van der Waals surface area contributed by atoms with Crippen molar-refractivity contribution in [2.24, 2.45) is 0 Å². The van der Waals surface area contributed by atoms with E-state index in [9.17, 15) is 4.79 Å². The molecule has 3 nitrogen and oxygen atoms in total. The van der Waals surface area contributed by atoms with Gasteiger partial charge in [-0.05, 0) is 12.1 Å². The van der Waals surface area contributed by atoms with E-state index in [0.29, 0.717) is 11.3 Å². The summed E-state index contributed by atoms with van der Waals surface area (Å²) in [5.74, 6) is 3.27. The smallest absolute Gasteiger partial charge is 0.382 e. The van der Waals surface area contributed by atoms with Gasteiger partial charge in [-0.1, -0.05) is 18.1 Å². The first kappa shape index (κ1) is 8.15. The molecule has 1 rings (SSSR count). The molecule has 0 saturated heterocycles. The van der Waals surface area contributed by atoms with E-state index < -0.39 is 5.97 Å². The van der Waals surface area contributed by atoms with E-state index >= 15 is 0 Å². The monoisotopic (exact) mass is 161 g/mol. The molecular weight excluding hydrogens is 154 g/mol. The van der Waals surface area contributed by atoms with Crippen molar-refractivity contribution in [3.8, 4) is 11.8 Å². The van der Waals surface area contributed by atoms with Crippen molar-refractivity contribution in [2.75, 3.05) is 5.73 Å². The molecule has 0 aliphatic carbocycles. The first-order valence-electron chi connectivity index (χ1n) is 3.29. The van der Waals surface area contributed by atoms with Gasteiger partial charge >= 0.3 is 5.97 Å². The quantitative estimate of drug-likeness (QED) is 0.435. The lowest BCUT2D eigenvalue weighted by Gasteiger charge is -1.93. The summed E-state index contributed by atoms with van der Waals surface area (Å²) in [6, 6.07) is 6.86. The highest BCUT2D eigenvalue weighted by atomic mass is 16.4. The van der Waals surface area contributed by atoms with Gasteiger partial charge in [0, 0.05) is 17.2 Å². The Morgan fingerprint density at radius 3 is 2.67 bits per heavy atom. The zero-order valence-electron chi connectivity index (χ0n) is 6.24. The Balaban J connectivity index is 2.99. The van der Waals surface area contributed by atoms with Crippen LogP contribution in [-0.4, -0.2) is 11.1 Å². The lowest BCUT2D eigenvalue weighted by molar-refractivity contribution is -0.130. The fourth-order valence-electron chi connectivity index (χ4n) is 0.732. The number of anilines is 1. The molecule has 0 aliphatic rings. The minimum absolute atomic E-state index is 0.492. The lowest BCUT2D eigenvalue weighted by Crippen LogP contribution is -1.91. The average molecular weight is 161 g/mol. The zero-order chi connectivity index (χ0) is 8.97. The van der Waals surface area contributed by atoms with Crippen LogP contribution in [-0.2, 0) is 4.79 Å². The number of carboxylic acids is 1. The summed E-state index contributed by atoms with van der Waals surface area (Å²) in [5.41, 5.74) is 6.54. The number of aliphatic carboxylic acids is 1. The second kappa shape index (κ2) is 3.44. The van der Waals surface area contributed by atoms with Gasteiger partial charge < -0.3 is 10.8 Å². The molecule has 0 saturated carbocycles. The zero-order valence-corrected chi connectivity index (χ0v) is 6.24. The molecule has 3 N–H and O–H groups in total. The van der Waals surface area contributed by atoms with Crippen LogP contribution in [0.4, 0.5) is 5.69 Å². The molecule has 0 unspecified atom stereocenters. The van der Waals surface area contributed by atoms with E-state index in [1.54, 1.807) is 24.3 Å². The van der Waals surface area contributed by atoms with Crippen molar-refractivity contribution in [2.45, 2.75) is 0 Å². The SMILES string of the molecule is Nc1ccccc1C#CC(=O)O. The predicted octanol–water partition coefficient (Wildman–Crippen LogP) is 0.705. The van der Waals surface area contributed by atoms with Crippen LogP contribution in [0.1, 0.15) is 5.56 Å². The van der Waals surface area contributed by atoms with Crippen LogP contribution >= 0.6 is 0 Å². The van der Waals surface area contributed by atoms with Crippen molar-refractivity contribution in [1.82, 2.24) is 0 Å². The molecule has 0 heterocycles. The average Bonchev–Trinajstić information content (AvgIpc) is 2.03. The standard InChI is InChI=1S/C9H7NO2/c10-8-4-2-1-3-7(8)5-6-9(11)12/h1-4H,10H2,(H,11,12). The summed E-state index contributed by atoms with van der Waals surface area (Å²) in [7, 11) is 0. The maximum Gasteiger partial charge on any atom is 0.382 e. The summed E-state index contributed by atoms with van der Waals surface area (Å²) in [4.78, 5) is 10.1. The Labute approximate surface area is 69.8 Å². The molecule has 0 fully saturated rings. The Hall–Kier alpha value is -1.95. The van der Waals surface area contributed by atoms with E-state index in [1.807, 2.05) is 5.92 Å². The van der Waals surface area contributed by atoms with Crippen LogP contribution in [0, 0.1) is 11.8 Å². The molecule has 0 aliphatic heterocycles. The first-order chi connectivity index (χ1) is 5.70. The van der Waals surface area contributed by atoms with Crippen LogP contribution in [0.5, 0.6) is 0 Å². The maximum atomic E-state index is 10.1. The molecule has 0 aromatic heterocycles. The van der Waals surface area contributed by atoms with Gasteiger partial charge in [0.15, 0.2) is 0 Å². The third-order valence-corrected chi connectivity index (χ3v) is 1.26. The van der Waals surface area contributed by atoms with E-state index in [1.165, 1.54) is 0 Å². The Morgan fingerprint density at radius 2 is 2.08 bits per heavy atom. The Bertz CT molecular complexity index is 360. The number of carbonyl (C=O) groups is 1. The summed E-state index contributed by atoms with van der Waals surface area (Å²) in [6.07, 6.45) is 0. The molecule has 0 spiro atoms. The fraction of sp³-hybridized carbons (Fsp3) is 0. The minimum Gasteiger partial charge on any atom is -0.472 e. The summed E-state index contributed by atoms with van der Waals surface area (Å²) in [5, 5.41) is 8.25. The van der Waals surface area contributed by atoms with E-state index in [-0.39, 0.29) is 0 Å². The third kappa shape index (κ3) is 2.03. The second-order valence-corrected chi connectivity index (χ2v) is 2.14. The van der Waals surface area contributed by atoms with Crippen molar-refractivity contribution < 1.29 is 9.90 Å². The highest BCUT2D eigenvalue weighted by Gasteiger charge is 1.91. The van der Waals surface area contributed by atoms with Crippen molar-refractivity contribution in [3.05, 3.63) is 29.8 Å². The van der Waals surface area contributed by atoms with Gasteiger partial charge in [-0.3, -0.25) is 0 Å². The number of carboxylic acid groups (broad SMARTS) is 1. The number of hydrogen-bond donors (Lipinski definition) is 2. The highest BCUT2D eigenvalue weighted by Crippen LogP contribution is 2.07. The molecule has 0 atom stereocenters. The van der Waals surface area contributed by atoms with Crippen LogP contribution in [0.3, 0.4) is 0 Å². The summed E-state index contributed by atoms with van der Waals surface area (Å²) in [6.45, 7) is 0. The molecule has 60 valence electrons. The molecule has 0 bridgehead atoms. The van der Waals surface area contributed by atoms with Gasteiger partial charge in [0.1, 0.15) is 0 Å². The number of nitrogen functional groups attached to an aromatic ring is 1. The van der Waals surface area contributed by atoms with Gasteiger partial charge in [-0.15, -0.1) is 0 Å². The largest absolute Gasteiger partial charge is 0.472 e. The van der Waals surface area contributed by atoms with E-state index in [4.69, 9.17) is 10.8 Å². The van der Waals surface area contributed by atoms with Crippen LogP contribution < -0.4 is 5.73 Å². The normalized spacial score (nSPS) is 8.33. The second-order valence-electron chi connectivity index (χ2n) is 2.14. The van der Waals surface area contributed by atoms with E-state index in [0.717, 1.165) is 0 Å². The van der Waals surface area contributed by atoms with Crippen LogP contribution in [0.25, 0.3) is 0 Å². The molecule has 3 heteroatoms. The Morgan fingerprint density at radius 1 is 1.42 bits per heavy atom. The van der Waals surface area contributed by atoms with Crippen molar-refractivity contribution in [1.29, 1.82) is 0 Å². The summed E-state index contributed by atoms with van der Waals surface area (Å²) < 4.78 is 0. The topological polar surface area (TPSA) is 63.3 Å². The predicted molar refractivity (Wildman–Crippen MR) is 45.4 cm³/mol. The first-order valence-corrected chi connectivity index (χ1v) is 3.29. The van der Waals surface area contributed by atoms with Crippen LogP contribution in [0.2, 0.25) is 0 Å². The van der Waals surface area contributed by atoms with Gasteiger partial charge in [0.05, 0.1) is 0 Å². The molecule has 12 heavy (non-hydrogen) atoms.